The van der Waals surface area contributed by atoms with Gasteiger partial charge in [0.15, 0.2) is 0 Å². The SMILES string of the molecule is CCN(CC)C(=O)C1(C(=O)NCc2ccc(F)cc2)CC1. The number of nitrogens with zero attached hydrogens (tertiary/aromatic N) is 1. The number of carbonyl (C=O) groups excluding carboxylic acids is 2. The molecule has 0 spiro atoms. The predicted octanol–water partition coefficient (Wildman–Crippen LogP) is 2.09. The zero-order chi connectivity index (χ0) is 15.5. The molecule has 2 rings (SSSR count). The van der Waals surface area contributed by atoms with Crippen molar-refractivity contribution in [3.8, 4) is 0 Å². The van der Waals surface area contributed by atoms with Gasteiger partial charge < -0.3 is 10.2 Å². The average molecular weight is 292 g/mol. The van der Waals surface area contributed by atoms with Crippen molar-refractivity contribution >= 4 is 11.8 Å². The summed E-state index contributed by atoms with van der Waals surface area (Å²) in [6, 6.07) is 5.97. The normalized spacial score (nSPS) is 15.4. The lowest BCUT2D eigenvalue weighted by atomic mass is 10.0. The molecule has 0 unspecified atom stereocenters. The first-order chi connectivity index (χ1) is 10.0. The monoisotopic (exact) mass is 292 g/mol. The van der Waals surface area contributed by atoms with E-state index in [9.17, 15) is 14.0 Å². The Hall–Kier alpha value is -1.91. The van der Waals surface area contributed by atoms with Crippen LogP contribution < -0.4 is 5.32 Å². The maximum Gasteiger partial charge on any atom is 0.238 e. The number of carbonyl (C=O) groups is 2. The van der Waals surface area contributed by atoms with Crippen LogP contribution in [0.25, 0.3) is 0 Å². The van der Waals surface area contributed by atoms with Crippen molar-refractivity contribution in [3.05, 3.63) is 35.6 Å². The van der Waals surface area contributed by atoms with Gasteiger partial charge in [-0.3, -0.25) is 9.59 Å². The number of hydrogen-bond donors (Lipinski definition) is 1. The Morgan fingerprint density at radius 1 is 1.19 bits per heavy atom. The number of halogens is 1. The third-order valence-electron chi connectivity index (χ3n) is 4.01. The third kappa shape index (κ3) is 3.23. The van der Waals surface area contributed by atoms with Gasteiger partial charge in [0.2, 0.25) is 11.8 Å². The molecule has 21 heavy (non-hydrogen) atoms. The molecular formula is C16H21FN2O2. The molecule has 0 atom stereocenters. The maximum atomic E-state index is 12.8. The van der Waals surface area contributed by atoms with Crippen molar-refractivity contribution < 1.29 is 14.0 Å². The van der Waals surface area contributed by atoms with Gasteiger partial charge in [-0.05, 0) is 44.4 Å². The Bertz CT molecular complexity index is 520. The van der Waals surface area contributed by atoms with Crippen LogP contribution in [0.4, 0.5) is 4.39 Å². The molecule has 1 fully saturated rings. The zero-order valence-corrected chi connectivity index (χ0v) is 12.5. The molecule has 4 nitrogen and oxygen atoms in total. The molecule has 114 valence electrons. The van der Waals surface area contributed by atoms with Crippen molar-refractivity contribution in [2.75, 3.05) is 13.1 Å². The van der Waals surface area contributed by atoms with Crippen LogP contribution in [0.2, 0.25) is 0 Å². The van der Waals surface area contributed by atoms with E-state index in [0.717, 1.165) is 5.56 Å². The fourth-order valence-corrected chi connectivity index (χ4v) is 2.43. The molecule has 0 saturated heterocycles. The van der Waals surface area contributed by atoms with E-state index in [0.29, 0.717) is 32.5 Å². The summed E-state index contributed by atoms with van der Waals surface area (Å²) in [6.07, 6.45) is 1.22. The first-order valence-corrected chi connectivity index (χ1v) is 7.35. The molecule has 2 amide bonds. The molecule has 5 heteroatoms. The van der Waals surface area contributed by atoms with Gasteiger partial charge in [-0.15, -0.1) is 0 Å². The summed E-state index contributed by atoms with van der Waals surface area (Å²) in [5, 5.41) is 2.80. The highest BCUT2D eigenvalue weighted by Crippen LogP contribution is 2.47. The highest BCUT2D eigenvalue weighted by molar-refractivity contribution is 6.07. The van der Waals surface area contributed by atoms with Crippen LogP contribution in [0, 0.1) is 11.2 Å². The molecule has 0 bridgehead atoms. The van der Waals surface area contributed by atoms with E-state index in [1.54, 1.807) is 17.0 Å². The highest BCUT2D eigenvalue weighted by Gasteiger charge is 2.57. The predicted molar refractivity (Wildman–Crippen MR) is 77.8 cm³/mol. The van der Waals surface area contributed by atoms with Crippen LogP contribution in [0.15, 0.2) is 24.3 Å². The standard InChI is InChI=1S/C16H21FN2O2/c1-3-19(4-2)15(21)16(9-10-16)14(20)18-11-12-5-7-13(17)8-6-12/h5-8H,3-4,9-11H2,1-2H3,(H,18,20). The third-order valence-corrected chi connectivity index (χ3v) is 4.01. The minimum Gasteiger partial charge on any atom is -0.351 e. The van der Waals surface area contributed by atoms with Gasteiger partial charge in [-0.1, -0.05) is 12.1 Å². The van der Waals surface area contributed by atoms with Crippen LogP contribution >= 0.6 is 0 Å². The van der Waals surface area contributed by atoms with E-state index >= 15 is 0 Å². The van der Waals surface area contributed by atoms with Crippen molar-refractivity contribution in [1.82, 2.24) is 10.2 Å². The second-order valence-corrected chi connectivity index (χ2v) is 5.37. The van der Waals surface area contributed by atoms with E-state index in [-0.39, 0.29) is 17.6 Å². The highest BCUT2D eigenvalue weighted by atomic mass is 19.1. The quantitative estimate of drug-likeness (QED) is 0.816. The Morgan fingerprint density at radius 2 is 1.76 bits per heavy atom. The summed E-state index contributed by atoms with van der Waals surface area (Å²) in [5.41, 5.74) is -0.0534. The Kier molecular flexibility index (Phi) is 4.60. The second kappa shape index (κ2) is 6.24. The molecule has 1 aliphatic carbocycles. The van der Waals surface area contributed by atoms with Crippen molar-refractivity contribution in [2.24, 2.45) is 5.41 Å². The van der Waals surface area contributed by atoms with Crippen LogP contribution in [-0.4, -0.2) is 29.8 Å². The number of benzene rings is 1. The minimum absolute atomic E-state index is 0.0795. The van der Waals surface area contributed by atoms with Crippen LogP contribution in [0.3, 0.4) is 0 Å². The lowest BCUT2D eigenvalue weighted by Crippen LogP contribution is -2.45. The lowest BCUT2D eigenvalue weighted by molar-refractivity contribution is -0.144. The molecule has 0 radical (unpaired) electrons. The summed E-state index contributed by atoms with van der Waals surface area (Å²) >= 11 is 0. The summed E-state index contributed by atoms with van der Waals surface area (Å²) in [6.45, 7) is 5.36. The van der Waals surface area contributed by atoms with E-state index < -0.39 is 5.41 Å². The molecule has 1 aliphatic rings. The van der Waals surface area contributed by atoms with Gasteiger partial charge in [-0.25, -0.2) is 4.39 Å². The molecule has 1 saturated carbocycles. The van der Waals surface area contributed by atoms with Gasteiger partial charge in [0.05, 0.1) is 0 Å². The molecule has 0 aromatic heterocycles. The minimum atomic E-state index is -0.869. The van der Waals surface area contributed by atoms with Gasteiger partial charge in [0, 0.05) is 19.6 Å². The van der Waals surface area contributed by atoms with Crippen molar-refractivity contribution in [1.29, 1.82) is 0 Å². The zero-order valence-electron chi connectivity index (χ0n) is 12.5. The van der Waals surface area contributed by atoms with Crippen LogP contribution in [0.1, 0.15) is 32.3 Å². The van der Waals surface area contributed by atoms with Gasteiger partial charge in [-0.2, -0.15) is 0 Å². The van der Waals surface area contributed by atoms with Gasteiger partial charge >= 0.3 is 0 Å². The number of hydrogen-bond acceptors (Lipinski definition) is 2. The van der Waals surface area contributed by atoms with Crippen LogP contribution in [0.5, 0.6) is 0 Å². The molecular weight excluding hydrogens is 271 g/mol. The first kappa shape index (κ1) is 15.5. The van der Waals surface area contributed by atoms with E-state index in [1.807, 2.05) is 13.8 Å². The maximum absolute atomic E-state index is 12.8. The summed E-state index contributed by atoms with van der Waals surface area (Å²) in [4.78, 5) is 26.4. The fraction of sp³-hybridized carbons (Fsp3) is 0.500. The molecule has 1 N–H and O–H groups in total. The fourth-order valence-electron chi connectivity index (χ4n) is 2.43. The molecule has 0 aliphatic heterocycles. The Morgan fingerprint density at radius 3 is 2.24 bits per heavy atom. The van der Waals surface area contributed by atoms with Crippen LogP contribution in [-0.2, 0) is 16.1 Å². The Labute approximate surface area is 124 Å². The lowest BCUT2D eigenvalue weighted by Gasteiger charge is -2.24. The number of nitrogens with one attached hydrogen (secondary N) is 1. The van der Waals surface area contributed by atoms with E-state index in [4.69, 9.17) is 0 Å². The number of amides is 2. The average Bonchev–Trinajstić information content (AvgIpc) is 3.29. The second-order valence-electron chi connectivity index (χ2n) is 5.37. The molecule has 0 heterocycles. The topological polar surface area (TPSA) is 49.4 Å². The molecule has 1 aromatic rings. The van der Waals surface area contributed by atoms with Gasteiger partial charge in [0.25, 0.3) is 0 Å². The van der Waals surface area contributed by atoms with Crippen molar-refractivity contribution in [3.63, 3.8) is 0 Å². The van der Waals surface area contributed by atoms with E-state index in [2.05, 4.69) is 5.32 Å². The summed E-state index contributed by atoms with van der Waals surface area (Å²) in [7, 11) is 0. The smallest absolute Gasteiger partial charge is 0.238 e. The summed E-state index contributed by atoms with van der Waals surface area (Å²) < 4.78 is 12.8. The van der Waals surface area contributed by atoms with Gasteiger partial charge in [0.1, 0.15) is 11.2 Å². The van der Waals surface area contributed by atoms with Crippen molar-refractivity contribution in [2.45, 2.75) is 33.2 Å². The molecule has 1 aromatic carbocycles. The number of rotatable bonds is 6. The Balaban J connectivity index is 1.96. The largest absolute Gasteiger partial charge is 0.351 e. The summed E-state index contributed by atoms with van der Waals surface area (Å²) in [5.74, 6) is -0.603. The van der Waals surface area contributed by atoms with E-state index in [1.165, 1.54) is 12.1 Å². The first-order valence-electron chi connectivity index (χ1n) is 7.35.